The minimum absolute atomic E-state index is 0.316. The first-order valence-electron chi connectivity index (χ1n) is 3.28. The van der Waals surface area contributed by atoms with Gasteiger partial charge < -0.3 is 10.5 Å². The van der Waals surface area contributed by atoms with E-state index in [1.54, 1.807) is 13.2 Å². The van der Waals surface area contributed by atoms with Gasteiger partial charge in [-0.2, -0.15) is 0 Å². The SMILES string of the molecule is COc1cc(Br)c(Cl)nc1CN. The predicted molar refractivity (Wildman–Crippen MR) is 51.4 cm³/mol. The van der Waals surface area contributed by atoms with Crippen LogP contribution < -0.4 is 10.5 Å². The molecule has 1 aromatic rings. The molecule has 5 heteroatoms. The van der Waals surface area contributed by atoms with Gasteiger partial charge in [0.25, 0.3) is 0 Å². The summed E-state index contributed by atoms with van der Waals surface area (Å²) < 4.78 is 5.75. The zero-order valence-electron chi connectivity index (χ0n) is 6.47. The number of methoxy groups -OCH3 is 1. The standard InChI is InChI=1S/C7H8BrClN2O/c1-12-6-2-4(8)7(9)11-5(6)3-10/h2H,3,10H2,1H3. The predicted octanol–water partition coefficient (Wildman–Crippen LogP) is 1.96. The first-order chi connectivity index (χ1) is 5.69. The van der Waals surface area contributed by atoms with Crippen LogP contribution in [0.1, 0.15) is 5.69 Å². The highest BCUT2D eigenvalue weighted by atomic mass is 79.9. The van der Waals surface area contributed by atoms with Crippen LogP contribution in [-0.4, -0.2) is 12.1 Å². The number of pyridine rings is 1. The quantitative estimate of drug-likeness (QED) is 0.818. The molecule has 0 unspecified atom stereocenters. The number of nitrogens with zero attached hydrogens (tertiary/aromatic N) is 1. The zero-order valence-corrected chi connectivity index (χ0v) is 8.82. The van der Waals surface area contributed by atoms with E-state index in [-0.39, 0.29) is 0 Å². The van der Waals surface area contributed by atoms with Gasteiger partial charge in [0.2, 0.25) is 0 Å². The Morgan fingerprint density at radius 3 is 2.92 bits per heavy atom. The summed E-state index contributed by atoms with van der Waals surface area (Å²) in [5.74, 6) is 0.647. The Hall–Kier alpha value is -0.320. The van der Waals surface area contributed by atoms with Gasteiger partial charge in [0.05, 0.1) is 17.3 Å². The van der Waals surface area contributed by atoms with E-state index in [4.69, 9.17) is 22.1 Å². The van der Waals surface area contributed by atoms with Gasteiger partial charge in [-0.1, -0.05) is 11.6 Å². The average molecular weight is 252 g/mol. The molecule has 0 fully saturated rings. The summed E-state index contributed by atoms with van der Waals surface area (Å²) in [6.45, 7) is 0.316. The van der Waals surface area contributed by atoms with Crippen LogP contribution in [0.15, 0.2) is 10.5 Å². The molecule has 0 aromatic carbocycles. The molecule has 1 rings (SSSR count). The van der Waals surface area contributed by atoms with Crippen molar-refractivity contribution in [1.29, 1.82) is 0 Å². The average Bonchev–Trinajstić information content (AvgIpc) is 2.09. The van der Waals surface area contributed by atoms with Crippen LogP contribution in [0.25, 0.3) is 0 Å². The van der Waals surface area contributed by atoms with Crippen LogP contribution in [0.5, 0.6) is 5.75 Å². The van der Waals surface area contributed by atoms with Gasteiger partial charge in [0.1, 0.15) is 10.9 Å². The van der Waals surface area contributed by atoms with Gasteiger partial charge in [-0.25, -0.2) is 4.98 Å². The second-order valence-corrected chi connectivity index (χ2v) is 3.33. The molecule has 0 radical (unpaired) electrons. The van der Waals surface area contributed by atoms with E-state index in [0.717, 1.165) is 0 Å². The lowest BCUT2D eigenvalue weighted by atomic mass is 10.3. The van der Waals surface area contributed by atoms with Crippen molar-refractivity contribution >= 4 is 27.5 Å². The topological polar surface area (TPSA) is 48.1 Å². The van der Waals surface area contributed by atoms with Gasteiger partial charge in [0, 0.05) is 6.54 Å². The Labute approximate surface area is 84.0 Å². The monoisotopic (exact) mass is 250 g/mol. The molecule has 0 saturated heterocycles. The van der Waals surface area contributed by atoms with Crippen molar-refractivity contribution < 1.29 is 4.74 Å². The minimum Gasteiger partial charge on any atom is -0.495 e. The van der Waals surface area contributed by atoms with Gasteiger partial charge in [-0.05, 0) is 22.0 Å². The van der Waals surface area contributed by atoms with Crippen molar-refractivity contribution in [3.8, 4) is 5.75 Å². The number of nitrogens with two attached hydrogens (primary N) is 1. The molecule has 0 amide bonds. The van der Waals surface area contributed by atoms with Crippen LogP contribution in [-0.2, 0) is 6.54 Å². The minimum atomic E-state index is 0.316. The van der Waals surface area contributed by atoms with Crippen LogP contribution in [0.3, 0.4) is 0 Å². The fourth-order valence-corrected chi connectivity index (χ4v) is 1.26. The first-order valence-corrected chi connectivity index (χ1v) is 4.45. The Kier molecular flexibility index (Phi) is 3.31. The van der Waals surface area contributed by atoms with Crippen molar-refractivity contribution in [2.45, 2.75) is 6.54 Å². The van der Waals surface area contributed by atoms with Gasteiger partial charge in [-0.3, -0.25) is 0 Å². The smallest absolute Gasteiger partial charge is 0.143 e. The first kappa shape index (κ1) is 9.77. The Morgan fingerprint density at radius 2 is 2.42 bits per heavy atom. The Balaban J connectivity index is 3.19. The molecule has 1 heterocycles. The fraction of sp³-hybridized carbons (Fsp3) is 0.286. The number of hydrogen-bond donors (Lipinski definition) is 1. The van der Waals surface area contributed by atoms with Crippen molar-refractivity contribution in [2.75, 3.05) is 7.11 Å². The highest BCUT2D eigenvalue weighted by Gasteiger charge is 2.07. The van der Waals surface area contributed by atoms with Gasteiger partial charge in [0.15, 0.2) is 0 Å². The Morgan fingerprint density at radius 1 is 1.75 bits per heavy atom. The molecule has 2 N–H and O–H groups in total. The molecule has 0 aliphatic rings. The largest absolute Gasteiger partial charge is 0.495 e. The Bertz CT molecular complexity index is 264. The van der Waals surface area contributed by atoms with Crippen molar-refractivity contribution in [1.82, 2.24) is 4.98 Å². The summed E-state index contributed by atoms with van der Waals surface area (Å²) in [7, 11) is 1.57. The summed E-state index contributed by atoms with van der Waals surface area (Å²) in [6, 6.07) is 1.75. The van der Waals surface area contributed by atoms with Gasteiger partial charge in [-0.15, -0.1) is 0 Å². The fourth-order valence-electron chi connectivity index (χ4n) is 0.808. The molecule has 0 aliphatic heterocycles. The maximum absolute atomic E-state index is 5.75. The maximum atomic E-state index is 5.75. The highest BCUT2D eigenvalue weighted by molar-refractivity contribution is 9.10. The van der Waals surface area contributed by atoms with Crippen molar-refractivity contribution in [3.63, 3.8) is 0 Å². The molecule has 12 heavy (non-hydrogen) atoms. The second kappa shape index (κ2) is 4.07. The van der Waals surface area contributed by atoms with Gasteiger partial charge >= 0.3 is 0 Å². The molecule has 66 valence electrons. The molecule has 1 aromatic heterocycles. The molecule has 0 atom stereocenters. The number of aromatic nitrogens is 1. The third-order valence-electron chi connectivity index (χ3n) is 1.39. The van der Waals surface area contributed by atoms with Crippen molar-refractivity contribution in [3.05, 3.63) is 21.4 Å². The van der Waals surface area contributed by atoms with E-state index < -0.39 is 0 Å². The normalized spacial score (nSPS) is 10.0. The number of hydrogen-bond acceptors (Lipinski definition) is 3. The number of rotatable bonds is 2. The van der Waals surface area contributed by atoms with Crippen molar-refractivity contribution in [2.24, 2.45) is 5.73 Å². The highest BCUT2D eigenvalue weighted by Crippen LogP contribution is 2.27. The van der Waals surface area contributed by atoms with Crippen LogP contribution in [0.2, 0.25) is 5.15 Å². The lowest BCUT2D eigenvalue weighted by Gasteiger charge is -2.06. The molecular weight excluding hydrogens is 243 g/mol. The van der Waals surface area contributed by atoms with E-state index >= 15 is 0 Å². The second-order valence-electron chi connectivity index (χ2n) is 2.11. The summed E-state index contributed by atoms with van der Waals surface area (Å²) >= 11 is 8.99. The third-order valence-corrected chi connectivity index (χ3v) is 2.51. The lowest BCUT2D eigenvalue weighted by molar-refractivity contribution is 0.406. The number of halogens is 2. The lowest BCUT2D eigenvalue weighted by Crippen LogP contribution is -2.03. The maximum Gasteiger partial charge on any atom is 0.143 e. The zero-order chi connectivity index (χ0) is 9.14. The third kappa shape index (κ3) is 1.88. The molecule has 0 spiro atoms. The van der Waals surface area contributed by atoms with E-state index in [0.29, 0.717) is 27.6 Å². The van der Waals surface area contributed by atoms with Crippen LogP contribution >= 0.6 is 27.5 Å². The van der Waals surface area contributed by atoms with E-state index in [9.17, 15) is 0 Å². The number of ether oxygens (including phenoxy) is 1. The van der Waals surface area contributed by atoms with E-state index in [2.05, 4.69) is 20.9 Å². The summed E-state index contributed by atoms with van der Waals surface area (Å²) in [5, 5.41) is 0.399. The molecule has 0 aliphatic carbocycles. The molecular formula is C7H8BrClN2O. The summed E-state index contributed by atoms with van der Waals surface area (Å²) in [4.78, 5) is 4.03. The molecule has 0 bridgehead atoms. The molecule has 0 saturated carbocycles. The van der Waals surface area contributed by atoms with Crippen LogP contribution in [0, 0.1) is 0 Å². The van der Waals surface area contributed by atoms with Crippen LogP contribution in [0.4, 0.5) is 0 Å². The molecule has 3 nitrogen and oxygen atoms in total. The summed E-state index contributed by atoms with van der Waals surface area (Å²) in [6.07, 6.45) is 0. The summed E-state index contributed by atoms with van der Waals surface area (Å²) in [5.41, 5.74) is 6.09. The van der Waals surface area contributed by atoms with E-state index in [1.165, 1.54) is 0 Å². The van der Waals surface area contributed by atoms with E-state index in [1.807, 2.05) is 0 Å².